The van der Waals surface area contributed by atoms with Crippen molar-refractivity contribution in [3.05, 3.63) is 70.6 Å². The number of amides is 1. The maximum Gasteiger partial charge on any atom is 0.349 e. The Labute approximate surface area is 222 Å². The number of hydrogen-bond donors (Lipinski definition) is 1. The van der Waals surface area contributed by atoms with E-state index in [0.29, 0.717) is 52.2 Å². The number of ether oxygens (including phenoxy) is 4. The number of rotatable bonds is 10. The van der Waals surface area contributed by atoms with Gasteiger partial charge in [-0.3, -0.25) is 4.79 Å². The van der Waals surface area contributed by atoms with E-state index >= 15 is 0 Å². The van der Waals surface area contributed by atoms with Crippen LogP contribution in [0, 0.1) is 0 Å². The topological polar surface area (TPSA) is 139 Å². The van der Waals surface area contributed by atoms with Crippen molar-refractivity contribution in [3.8, 4) is 34.5 Å². The molecule has 0 aliphatic rings. The molecule has 2 aromatic carbocycles. The van der Waals surface area contributed by atoms with Gasteiger partial charge in [0.25, 0.3) is 5.91 Å². The van der Waals surface area contributed by atoms with E-state index < -0.39 is 11.5 Å². The van der Waals surface area contributed by atoms with Crippen LogP contribution in [0.15, 0.2) is 63.8 Å². The normalized spacial score (nSPS) is 10.9. The number of benzene rings is 2. The fourth-order valence-electron chi connectivity index (χ4n) is 3.96. The van der Waals surface area contributed by atoms with Crippen LogP contribution in [0.3, 0.4) is 0 Å². The molecular formula is C27H25N5O7. The smallest absolute Gasteiger partial charge is 0.349 e. The molecule has 0 aliphatic carbocycles. The maximum atomic E-state index is 12.7. The van der Waals surface area contributed by atoms with Crippen molar-refractivity contribution in [1.29, 1.82) is 0 Å². The Bertz CT molecular complexity index is 1710. The highest BCUT2D eigenvalue weighted by Gasteiger charge is 2.16. The second kappa shape index (κ2) is 11.1. The predicted octanol–water partition coefficient (Wildman–Crippen LogP) is 3.12. The molecule has 0 aliphatic heterocycles. The zero-order valence-corrected chi connectivity index (χ0v) is 21.5. The van der Waals surface area contributed by atoms with Gasteiger partial charge in [0, 0.05) is 17.0 Å². The van der Waals surface area contributed by atoms with Gasteiger partial charge in [-0.1, -0.05) is 12.1 Å². The monoisotopic (exact) mass is 531 g/mol. The van der Waals surface area contributed by atoms with Gasteiger partial charge in [0.15, 0.2) is 34.3 Å². The highest BCUT2D eigenvalue weighted by molar-refractivity contribution is 5.97. The van der Waals surface area contributed by atoms with E-state index in [1.165, 1.54) is 6.07 Å². The molecule has 5 aromatic rings. The predicted molar refractivity (Wildman–Crippen MR) is 141 cm³/mol. The van der Waals surface area contributed by atoms with Crippen molar-refractivity contribution in [1.82, 2.24) is 25.1 Å². The minimum Gasteiger partial charge on any atom is -0.493 e. The number of para-hydroxylation sites is 1. The highest BCUT2D eigenvalue weighted by atomic mass is 16.5. The summed E-state index contributed by atoms with van der Waals surface area (Å²) in [5.74, 6) is 1.79. The molecule has 0 unspecified atom stereocenters. The first kappa shape index (κ1) is 25.5. The number of fused-ring (bicyclic) bond motifs is 2. The SMILES string of the molecule is CCOc1cccc2cc(C(=O)NCCOc3ccc4nnc(-c5ccc(OC)c(OC)c5)n4n3)c(=O)oc12. The Hall–Kier alpha value is -5.13. The summed E-state index contributed by atoms with van der Waals surface area (Å²) in [7, 11) is 3.12. The molecule has 0 bridgehead atoms. The molecule has 3 heterocycles. The summed E-state index contributed by atoms with van der Waals surface area (Å²) < 4.78 is 28.8. The third kappa shape index (κ3) is 5.17. The van der Waals surface area contributed by atoms with Crippen molar-refractivity contribution >= 4 is 22.5 Å². The van der Waals surface area contributed by atoms with E-state index in [1.807, 2.05) is 13.0 Å². The molecule has 0 fully saturated rings. The van der Waals surface area contributed by atoms with E-state index in [4.69, 9.17) is 23.4 Å². The summed E-state index contributed by atoms with van der Waals surface area (Å²) in [6.45, 7) is 2.48. The lowest BCUT2D eigenvalue weighted by atomic mass is 10.1. The van der Waals surface area contributed by atoms with E-state index in [2.05, 4.69) is 20.6 Å². The Morgan fingerprint density at radius 3 is 2.62 bits per heavy atom. The molecule has 39 heavy (non-hydrogen) atoms. The first-order valence-electron chi connectivity index (χ1n) is 12.1. The molecule has 0 atom stereocenters. The minimum absolute atomic E-state index is 0.103. The Morgan fingerprint density at radius 1 is 0.974 bits per heavy atom. The lowest BCUT2D eigenvalue weighted by Gasteiger charge is -2.10. The second-order valence-electron chi connectivity index (χ2n) is 8.19. The molecule has 0 spiro atoms. The zero-order valence-electron chi connectivity index (χ0n) is 21.5. The average Bonchev–Trinajstić information content (AvgIpc) is 3.38. The van der Waals surface area contributed by atoms with Crippen molar-refractivity contribution in [2.24, 2.45) is 0 Å². The van der Waals surface area contributed by atoms with E-state index in [1.54, 1.807) is 61.2 Å². The van der Waals surface area contributed by atoms with Gasteiger partial charge in [0.2, 0.25) is 5.88 Å². The average molecular weight is 532 g/mol. The summed E-state index contributed by atoms with van der Waals surface area (Å²) in [6.07, 6.45) is 0. The molecule has 0 saturated heterocycles. The van der Waals surface area contributed by atoms with Gasteiger partial charge < -0.3 is 28.7 Å². The lowest BCUT2D eigenvalue weighted by Crippen LogP contribution is -2.31. The molecular weight excluding hydrogens is 506 g/mol. The molecule has 0 saturated carbocycles. The Balaban J connectivity index is 1.26. The molecule has 1 N–H and O–H groups in total. The fourth-order valence-corrected chi connectivity index (χ4v) is 3.96. The van der Waals surface area contributed by atoms with Crippen molar-refractivity contribution in [2.45, 2.75) is 6.92 Å². The Morgan fingerprint density at radius 2 is 1.82 bits per heavy atom. The third-order valence-corrected chi connectivity index (χ3v) is 5.79. The second-order valence-corrected chi connectivity index (χ2v) is 8.19. The van der Waals surface area contributed by atoms with Crippen LogP contribution in [0.1, 0.15) is 17.3 Å². The number of hydrogen-bond acceptors (Lipinski definition) is 10. The first-order valence-corrected chi connectivity index (χ1v) is 12.1. The molecule has 12 nitrogen and oxygen atoms in total. The van der Waals surface area contributed by atoms with Gasteiger partial charge in [-0.2, -0.15) is 4.52 Å². The molecule has 12 heteroatoms. The molecule has 3 aromatic heterocycles. The summed E-state index contributed by atoms with van der Waals surface area (Å²) in [4.78, 5) is 25.1. The summed E-state index contributed by atoms with van der Waals surface area (Å²) in [6, 6.07) is 15.4. The van der Waals surface area contributed by atoms with Gasteiger partial charge in [0.1, 0.15) is 12.2 Å². The highest BCUT2D eigenvalue weighted by Crippen LogP contribution is 2.31. The van der Waals surface area contributed by atoms with Gasteiger partial charge >= 0.3 is 5.63 Å². The van der Waals surface area contributed by atoms with Gasteiger partial charge in [-0.05, 0) is 43.3 Å². The van der Waals surface area contributed by atoms with Crippen LogP contribution in [0.25, 0.3) is 28.0 Å². The maximum absolute atomic E-state index is 12.7. The quantitative estimate of drug-likeness (QED) is 0.211. The van der Waals surface area contributed by atoms with Crippen LogP contribution < -0.4 is 29.9 Å². The molecule has 200 valence electrons. The van der Waals surface area contributed by atoms with Crippen molar-refractivity contribution in [2.75, 3.05) is 34.0 Å². The summed E-state index contributed by atoms with van der Waals surface area (Å²) >= 11 is 0. The number of methoxy groups -OCH3 is 2. The Kier molecular flexibility index (Phi) is 7.26. The first-order chi connectivity index (χ1) is 19.0. The van der Waals surface area contributed by atoms with Crippen LogP contribution in [0.4, 0.5) is 0 Å². The largest absolute Gasteiger partial charge is 0.493 e. The van der Waals surface area contributed by atoms with Crippen molar-refractivity contribution in [3.63, 3.8) is 0 Å². The molecule has 0 radical (unpaired) electrons. The van der Waals surface area contributed by atoms with Gasteiger partial charge in [0.05, 0.1) is 27.4 Å². The number of carbonyl (C=O) groups is 1. The fraction of sp³-hybridized carbons (Fsp3) is 0.222. The number of nitrogens with one attached hydrogen (secondary N) is 1. The van der Waals surface area contributed by atoms with Crippen LogP contribution in [0.2, 0.25) is 0 Å². The van der Waals surface area contributed by atoms with Crippen molar-refractivity contribution < 1.29 is 28.2 Å². The van der Waals surface area contributed by atoms with Gasteiger partial charge in [-0.25, -0.2) is 4.79 Å². The number of aromatic nitrogens is 4. The van der Waals surface area contributed by atoms with E-state index in [0.717, 1.165) is 5.56 Å². The molecule has 1 amide bonds. The summed E-state index contributed by atoms with van der Waals surface area (Å²) in [5, 5.41) is 16.1. The minimum atomic E-state index is -0.754. The number of carbonyl (C=O) groups excluding carboxylic acids is 1. The third-order valence-electron chi connectivity index (χ3n) is 5.79. The van der Waals surface area contributed by atoms with E-state index in [9.17, 15) is 9.59 Å². The van der Waals surface area contributed by atoms with Crippen LogP contribution in [0.5, 0.6) is 23.1 Å². The standard InChI is InChI=1S/C27H25N5O7/c1-4-37-20-7-5-6-16-14-18(27(34)39-24(16)20)26(33)28-12-13-38-23-11-10-22-29-30-25(32(22)31-23)17-8-9-19(35-2)21(15-17)36-3/h5-11,14-15H,4,12-13H2,1-3H3,(H,28,33). The van der Waals surface area contributed by atoms with E-state index in [-0.39, 0.29) is 18.7 Å². The van der Waals surface area contributed by atoms with Gasteiger partial charge in [-0.15, -0.1) is 15.3 Å². The van der Waals surface area contributed by atoms with Crippen LogP contribution in [-0.4, -0.2) is 59.7 Å². The summed E-state index contributed by atoms with van der Waals surface area (Å²) in [5.41, 5.74) is 0.679. The number of nitrogens with zero attached hydrogens (tertiary/aromatic N) is 4. The zero-order chi connectivity index (χ0) is 27.4. The van der Waals surface area contributed by atoms with Crippen LogP contribution in [-0.2, 0) is 0 Å². The van der Waals surface area contributed by atoms with Crippen LogP contribution >= 0.6 is 0 Å². The molecule has 5 rings (SSSR count). The lowest BCUT2D eigenvalue weighted by molar-refractivity contribution is 0.0943.